The van der Waals surface area contributed by atoms with Crippen LogP contribution in [-0.4, -0.2) is 7.05 Å². The lowest BCUT2D eigenvalue weighted by Crippen LogP contribution is -2.04. The number of furan rings is 1. The van der Waals surface area contributed by atoms with Gasteiger partial charge >= 0.3 is 0 Å². The third kappa shape index (κ3) is 1.61. The summed E-state index contributed by atoms with van der Waals surface area (Å²) in [6, 6.07) is 4.17. The Kier molecular flexibility index (Phi) is 2.70. The standard InChI is InChI=1S/C11H13NOS/c1-8-4-6-14-11(8)9-3-5-13-10(9)7-12-2/h3-6,12H,7H2,1-2H3. The van der Waals surface area contributed by atoms with Crippen LogP contribution < -0.4 is 5.32 Å². The molecular weight excluding hydrogens is 194 g/mol. The zero-order chi connectivity index (χ0) is 9.97. The molecule has 2 heterocycles. The summed E-state index contributed by atoms with van der Waals surface area (Å²) < 4.78 is 5.43. The number of hydrogen-bond acceptors (Lipinski definition) is 3. The highest BCUT2D eigenvalue weighted by Crippen LogP contribution is 2.32. The second-order valence-electron chi connectivity index (χ2n) is 3.22. The van der Waals surface area contributed by atoms with Crippen LogP contribution in [0.25, 0.3) is 10.4 Å². The van der Waals surface area contributed by atoms with Crippen LogP contribution in [0.4, 0.5) is 0 Å². The van der Waals surface area contributed by atoms with E-state index in [1.807, 2.05) is 13.1 Å². The van der Waals surface area contributed by atoms with Gasteiger partial charge in [0.1, 0.15) is 5.76 Å². The van der Waals surface area contributed by atoms with Crippen LogP contribution in [0.5, 0.6) is 0 Å². The lowest BCUT2D eigenvalue weighted by atomic mass is 10.1. The third-order valence-electron chi connectivity index (χ3n) is 2.19. The maximum absolute atomic E-state index is 5.43. The Balaban J connectivity index is 2.41. The number of hydrogen-bond donors (Lipinski definition) is 1. The number of aryl methyl sites for hydroxylation is 1. The summed E-state index contributed by atoms with van der Waals surface area (Å²) in [5.41, 5.74) is 2.53. The molecule has 0 aliphatic carbocycles. The molecule has 0 unspecified atom stereocenters. The molecule has 0 fully saturated rings. The van der Waals surface area contributed by atoms with Gasteiger partial charge in [0.2, 0.25) is 0 Å². The molecule has 0 atom stereocenters. The Bertz CT molecular complexity index is 416. The Morgan fingerprint density at radius 2 is 2.29 bits per heavy atom. The van der Waals surface area contributed by atoms with E-state index in [2.05, 4.69) is 23.7 Å². The van der Waals surface area contributed by atoms with Gasteiger partial charge < -0.3 is 9.73 Å². The summed E-state index contributed by atoms with van der Waals surface area (Å²) in [5, 5.41) is 5.21. The van der Waals surface area contributed by atoms with Crippen LogP contribution in [0, 0.1) is 6.92 Å². The second-order valence-corrected chi connectivity index (χ2v) is 4.14. The predicted octanol–water partition coefficient (Wildman–Crippen LogP) is 3.04. The predicted molar refractivity (Wildman–Crippen MR) is 59.5 cm³/mol. The van der Waals surface area contributed by atoms with Crippen molar-refractivity contribution in [1.29, 1.82) is 0 Å². The fourth-order valence-corrected chi connectivity index (χ4v) is 2.46. The van der Waals surface area contributed by atoms with Gasteiger partial charge in [-0.2, -0.15) is 0 Å². The molecule has 0 spiro atoms. The van der Waals surface area contributed by atoms with Gasteiger partial charge in [-0.3, -0.25) is 0 Å². The molecule has 0 aliphatic heterocycles. The van der Waals surface area contributed by atoms with Gasteiger partial charge in [-0.15, -0.1) is 11.3 Å². The van der Waals surface area contributed by atoms with Crippen molar-refractivity contribution in [3.8, 4) is 10.4 Å². The van der Waals surface area contributed by atoms with Gasteiger partial charge in [0.05, 0.1) is 12.8 Å². The maximum Gasteiger partial charge on any atom is 0.126 e. The number of nitrogens with one attached hydrogen (secondary N) is 1. The molecule has 14 heavy (non-hydrogen) atoms. The highest BCUT2D eigenvalue weighted by Gasteiger charge is 2.10. The van der Waals surface area contributed by atoms with E-state index in [4.69, 9.17) is 4.42 Å². The first-order valence-electron chi connectivity index (χ1n) is 4.58. The van der Waals surface area contributed by atoms with Gasteiger partial charge in [-0.05, 0) is 37.0 Å². The lowest BCUT2D eigenvalue weighted by molar-refractivity contribution is 0.497. The van der Waals surface area contributed by atoms with Crippen LogP contribution in [-0.2, 0) is 6.54 Å². The minimum absolute atomic E-state index is 0.777. The molecule has 0 saturated heterocycles. The molecule has 0 aromatic carbocycles. The first-order chi connectivity index (χ1) is 6.83. The SMILES string of the molecule is CNCc1occc1-c1sccc1C. The molecule has 0 radical (unpaired) electrons. The van der Waals surface area contributed by atoms with Crippen molar-refractivity contribution in [3.63, 3.8) is 0 Å². The minimum Gasteiger partial charge on any atom is -0.467 e. The Morgan fingerprint density at radius 3 is 2.93 bits per heavy atom. The van der Waals surface area contributed by atoms with Gasteiger partial charge in [0.15, 0.2) is 0 Å². The molecule has 2 aromatic heterocycles. The zero-order valence-corrected chi connectivity index (χ0v) is 9.15. The summed E-state index contributed by atoms with van der Waals surface area (Å²) in [5.74, 6) is 1.01. The van der Waals surface area contributed by atoms with E-state index in [-0.39, 0.29) is 0 Å². The van der Waals surface area contributed by atoms with Crippen molar-refractivity contribution in [2.24, 2.45) is 0 Å². The average Bonchev–Trinajstić information content (AvgIpc) is 2.74. The molecule has 2 nitrogen and oxygen atoms in total. The molecule has 2 aromatic rings. The van der Waals surface area contributed by atoms with Gasteiger partial charge in [-0.1, -0.05) is 0 Å². The van der Waals surface area contributed by atoms with Crippen molar-refractivity contribution >= 4 is 11.3 Å². The van der Waals surface area contributed by atoms with E-state index < -0.39 is 0 Å². The van der Waals surface area contributed by atoms with E-state index in [0.29, 0.717) is 0 Å². The number of rotatable bonds is 3. The van der Waals surface area contributed by atoms with Crippen molar-refractivity contribution in [2.45, 2.75) is 13.5 Å². The van der Waals surface area contributed by atoms with Crippen LogP contribution in [0.2, 0.25) is 0 Å². The fraction of sp³-hybridized carbons (Fsp3) is 0.273. The maximum atomic E-state index is 5.43. The first-order valence-corrected chi connectivity index (χ1v) is 5.46. The highest BCUT2D eigenvalue weighted by atomic mass is 32.1. The molecular formula is C11H13NOS. The molecule has 0 bridgehead atoms. The molecule has 0 aliphatic rings. The van der Waals surface area contributed by atoms with Crippen molar-refractivity contribution in [2.75, 3.05) is 7.05 Å². The monoisotopic (exact) mass is 207 g/mol. The Hall–Kier alpha value is -1.06. The summed E-state index contributed by atoms with van der Waals surface area (Å²) in [6.07, 6.45) is 1.75. The molecule has 2 rings (SSSR count). The van der Waals surface area contributed by atoms with Crippen molar-refractivity contribution < 1.29 is 4.42 Å². The Morgan fingerprint density at radius 1 is 1.43 bits per heavy atom. The summed E-state index contributed by atoms with van der Waals surface area (Å²) in [7, 11) is 1.92. The zero-order valence-electron chi connectivity index (χ0n) is 8.33. The van der Waals surface area contributed by atoms with E-state index in [0.717, 1.165) is 12.3 Å². The summed E-state index contributed by atoms with van der Waals surface area (Å²) in [4.78, 5) is 1.31. The smallest absolute Gasteiger partial charge is 0.126 e. The average molecular weight is 207 g/mol. The largest absolute Gasteiger partial charge is 0.467 e. The van der Waals surface area contributed by atoms with Crippen LogP contribution in [0.1, 0.15) is 11.3 Å². The normalized spacial score (nSPS) is 10.7. The van der Waals surface area contributed by atoms with Gasteiger partial charge in [0, 0.05) is 10.4 Å². The fourth-order valence-electron chi connectivity index (χ4n) is 1.49. The van der Waals surface area contributed by atoms with E-state index in [1.165, 1.54) is 16.0 Å². The van der Waals surface area contributed by atoms with Gasteiger partial charge in [-0.25, -0.2) is 0 Å². The highest BCUT2D eigenvalue weighted by molar-refractivity contribution is 7.13. The van der Waals surface area contributed by atoms with E-state index in [1.54, 1.807) is 17.6 Å². The van der Waals surface area contributed by atoms with E-state index in [9.17, 15) is 0 Å². The van der Waals surface area contributed by atoms with Crippen molar-refractivity contribution in [1.82, 2.24) is 5.32 Å². The molecule has 1 N–H and O–H groups in total. The summed E-state index contributed by atoms with van der Waals surface area (Å²) >= 11 is 1.76. The quantitative estimate of drug-likeness (QED) is 0.837. The Labute approximate surface area is 87.6 Å². The van der Waals surface area contributed by atoms with Crippen LogP contribution >= 0.6 is 11.3 Å². The van der Waals surface area contributed by atoms with Gasteiger partial charge in [0.25, 0.3) is 0 Å². The second kappa shape index (κ2) is 3.98. The summed E-state index contributed by atoms with van der Waals surface area (Å²) in [6.45, 7) is 2.90. The molecule has 0 saturated carbocycles. The lowest BCUT2D eigenvalue weighted by Gasteiger charge is -2.00. The van der Waals surface area contributed by atoms with Crippen LogP contribution in [0.15, 0.2) is 28.2 Å². The topological polar surface area (TPSA) is 25.2 Å². The van der Waals surface area contributed by atoms with Crippen LogP contribution in [0.3, 0.4) is 0 Å². The molecule has 74 valence electrons. The molecule has 0 amide bonds. The number of thiophene rings is 1. The van der Waals surface area contributed by atoms with Crippen molar-refractivity contribution in [3.05, 3.63) is 35.1 Å². The molecule has 3 heteroatoms. The minimum atomic E-state index is 0.777. The third-order valence-corrected chi connectivity index (χ3v) is 3.24. The van der Waals surface area contributed by atoms with E-state index >= 15 is 0 Å². The first kappa shape index (κ1) is 9.49.